The lowest BCUT2D eigenvalue weighted by Crippen LogP contribution is -2.17. The molecule has 1 unspecified atom stereocenters. The molecule has 2 rings (SSSR count). The molecule has 1 aliphatic rings. The Kier molecular flexibility index (Phi) is 16.5. The zero-order chi connectivity index (χ0) is 24.5. The molecule has 1 aromatic rings. The van der Waals surface area contributed by atoms with Gasteiger partial charge in [0, 0.05) is 17.5 Å². The van der Waals surface area contributed by atoms with Gasteiger partial charge in [0.1, 0.15) is 17.6 Å². The van der Waals surface area contributed by atoms with E-state index in [1.807, 2.05) is 48.5 Å². The summed E-state index contributed by atoms with van der Waals surface area (Å²) in [6.07, 6.45) is 21.7. The van der Waals surface area contributed by atoms with E-state index in [9.17, 15) is 5.11 Å². The predicted octanol–water partition coefficient (Wildman–Crippen LogP) is 9.64. The second-order valence-corrected chi connectivity index (χ2v) is 8.43. The van der Waals surface area contributed by atoms with Crippen molar-refractivity contribution in [2.45, 2.75) is 113 Å². The molecule has 0 saturated carbocycles. The van der Waals surface area contributed by atoms with Gasteiger partial charge in [-0.25, -0.2) is 0 Å². The van der Waals surface area contributed by atoms with Crippen LogP contribution in [0.2, 0.25) is 0 Å². The number of ether oxygens (including phenoxy) is 1. The maximum Gasteiger partial charge on any atom is 0.131 e. The molecule has 0 bridgehead atoms. The predicted molar refractivity (Wildman–Crippen MR) is 144 cm³/mol. The van der Waals surface area contributed by atoms with Crippen molar-refractivity contribution in [3.63, 3.8) is 0 Å². The lowest BCUT2D eigenvalue weighted by Gasteiger charge is -2.25. The number of allylic oxidation sites excluding steroid dienone is 3. The van der Waals surface area contributed by atoms with Gasteiger partial charge in [0.05, 0.1) is 0 Å². The van der Waals surface area contributed by atoms with Gasteiger partial charge in [-0.15, -0.1) is 0 Å². The van der Waals surface area contributed by atoms with Gasteiger partial charge in [-0.3, -0.25) is 0 Å². The van der Waals surface area contributed by atoms with E-state index in [0.717, 1.165) is 46.8 Å². The molecule has 0 aliphatic carbocycles. The summed E-state index contributed by atoms with van der Waals surface area (Å²) in [4.78, 5) is 0. The van der Waals surface area contributed by atoms with E-state index in [1.165, 1.54) is 32.1 Å². The molecular formula is C30H50O2. The third kappa shape index (κ3) is 10.1. The Hall–Kier alpha value is -1.96. The van der Waals surface area contributed by atoms with Crippen molar-refractivity contribution < 1.29 is 9.84 Å². The molecule has 182 valence electrons. The maximum atomic E-state index is 10.2. The van der Waals surface area contributed by atoms with Gasteiger partial charge in [-0.2, -0.15) is 0 Å². The average Bonchev–Trinajstić information content (AvgIpc) is 2.82. The SMILES string of the molecule is CC.CC.Cc1c(C)c2c(c(C)c1O)C=CC(C/C=C/C/C=C/CCCCCC(C)C)O2. The van der Waals surface area contributed by atoms with E-state index in [1.54, 1.807) is 0 Å². The number of fused-ring (bicyclic) bond motifs is 1. The highest BCUT2D eigenvalue weighted by molar-refractivity contribution is 5.70. The highest BCUT2D eigenvalue weighted by atomic mass is 16.5. The van der Waals surface area contributed by atoms with Crippen LogP contribution in [0.5, 0.6) is 11.5 Å². The van der Waals surface area contributed by atoms with Crippen LogP contribution in [0.25, 0.3) is 6.08 Å². The molecule has 1 heterocycles. The molecule has 1 atom stereocenters. The minimum atomic E-state index is 0.0655. The Morgan fingerprint density at radius 3 is 2.19 bits per heavy atom. The van der Waals surface area contributed by atoms with Gasteiger partial charge >= 0.3 is 0 Å². The fraction of sp³-hybridized carbons (Fsp3) is 0.600. The standard InChI is InChI=1S/C26H38O2.2C2H6/c1-19(2)15-13-11-9-7-6-8-10-12-14-16-23-17-18-24-22(5)25(27)20(3)21(4)26(24)28-23;2*1-2/h6,8,12,14,17-19,23,27H,7,9-11,13,15-16H2,1-5H3;2*1-2H3/b8-6+,14-12+;;. The second-order valence-electron chi connectivity index (χ2n) is 8.43. The molecule has 0 radical (unpaired) electrons. The molecule has 32 heavy (non-hydrogen) atoms. The smallest absolute Gasteiger partial charge is 0.131 e. The first-order valence-electron chi connectivity index (χ1n) is 12.9. The number of rotatable bonds is 10. The van der Waals surface area contributed by atoms with Crippen LogP contribution in [0.3, 0.4) is 0 Å². The average molecular weight is 443 g/mol. The quantitative estimate of drug-likeness (QED) is 0.288. The number of unbranched alkanes of at least 4 members (excludes halogenated alkanes) is 3. The Morgan fingerprint density at radius 1 is 0.875 bits per heavy atom. The summed E-state index contributed by atoms with van der Waals surface area (Å²) in [7, 11) is 0. The van der Waals surface area contributed by atoms with E-state index in [-0.39, 0.29) is 6.10 Å². The highest BCUT2D eigenvalue weighted by Crippen LogP contribution is 2.40. The van der Waals surface area contributed by atoms with Crippen molar-refractivity contribution in [1.29, 1.82) is 0 Å². The summed E-state index contributed by atoms with van der Waals surface area (Å²) in [6.45, 7) is 18.5. The van der Waals surface area contributed by atoms with Crippen LogP contribution < -0.4 is 4.74 Å². The monoisotopic (exact) mass is 442 g/mol. The van der Waals surface area contributed by atoms with Gasteiger partial charge in [-0.1, -0.05) is 91.2 Å². The summed E-state index contributed by atoms with van der Waals surface area (Å²) >= 11 is 0. The van der Waals surface area contributed by atoms with E-state index < -0.39 is 0 Å². The molecule has 0 fully saturated rings. The van der Waals surface area contributed by atoms with E-state index >= 15 is 0 Å². The topological polar surface area (TPSA) is 29.5 Å². The Bertz CT molecular complexity index is 723. The highest BCUT2D eigenvalue weighted by Gasteiger charge is 2.21. The lowest BCUT2D eigenvalue weighted by atomic mass is 9.95. The zero-order valence-corrected chi connectivity index (χ0v) is 22.4. The van der Waals surface area contributed by atoms with E-state index in [2.05, 4.69) is 50.3 Å². The van der Waals surface area contributed by atoms with Crippen molar-refractivity contribution in [2.75, 3.05) is 0 Å². The number of hydrogen-bond donors (Lipinski definition) is 1. The van der Waals surface area contributed by atoms with Crippen molar-refractivity contribution in [1.82, 2.24) is 0 Å². The first-order valence-corrected chi connectivity index (χ1v) is 12.9. The number of aromatic hydroxyl groups is 1. The van der Waals surface area contributed by atoms with Crippen molar-refractivity contribution in [2.24, 2.45) is 5.92 Å². The Balaban J connectivity index is 0.00000227. The van der Waals surface area contributed by atoms with Gasteiger partial charge in [0.15, 0.2) is 0 Å². The Morgan fingerprint density at radius 2 is 1.53 bits per heavy atom. The van der Waals surface area contributed by atoms with Crippen molar-refractivity contribution >= 4 is 6.08 Å². The first-order chi connectivity index (χ1) is 15.4. The van der Waals surface area contributed by atoms with Gasteiger partial charge in [0.25, 0.3) is 0 Å². The van der Waals surface area contributed by atoms with E-state index in [0.29, 0.717) is 5.75 Å². The fourth-order valence-electron chi connectivity index (χ4n) is 3.61. The molecule has 0 spiro atoms. The van der Waals surface area contributed by atoms with Crippen LogP contribution in [-0.4, -0.2) is 11.2 Å². The summed E-state index contributed by atoms with van der Waals surface area (Å²) in [5.74, 6) is 2.14. The molecule has 0 saturated heterocycles. The molecule has 2 heteroatoms. The third-order valence-corrected chi connectivity index (χ3v) is 5.64. The van der Waals surface area contributed by atoms with Crippen molar-refractivity contribution in [3.8, 4) is 11.5 Å². The normalized spacial score (nSPS) is 14.6. The first kappa shape index (κ1) is 30.0. The Labute approximate surface area is 199 Å². The molecular weight excluding hydrogens is 392 g/mol. The van der Waals surface area contributed by atoms with Crippen LogP contribution in [-0.2, 0) is 0 Å². The summed E-state index contributed by atoms with van der Waals surface area (Å²) < 4.78 is 6.21. The second kappa shape index (κ2) is 17.6. The summed E-state index contributed by atoms with van der Waals surface area (Å²) in [5.41, 5.74) is 3.86. The zero-order valence-electron chi connectivity index (χ0n) is 22.4. The number of phenols is 1. The minimum Gasteiger partial charge on any atom is -0.507 e. The summed E-state index contributed by atoms with van der Waals surface area (Å²) in [5, 5.41) is 10.2. The minimum absolute atomic E-state index is 0.0655. The van der Waals surface area contributed by atoms with E-state index in [4.69, 9.17) is 4.74 Å². The van der Waals surface area contributed by atoms with Gasteiger partial charge in [0.2, 0.25) is 0 Å². The molecule has 1 N–H and O–H groups in total. The molecule has 0 aromatic heterocycles. The van der Waals surface area contributed by atoms with Crippen LogP contribution in [0.15, 0.2) is 30.4 Å². The molecule has 1 aromatic carbocycles. The molecule has 0 amide bonds. The number of phenolic OH excluding ortho intramolecular Hbond substituents is 1. The third-order valence-electron chi connectivity index (χ3n) is 5.64. The molecule has 1 aliphatic heterocycles. The van der Waals surface area contributed by atoms with Gasteiger partial charge in [-0.05, 0) is 63.2 Å². The largest absolute Gasteiger partial charge is 0.507 e. The van der Waals surface area contributed by atoms with Crippen LogP contribution in [0.4, 0.5) is 0 Å². The molecule has 2 nitrogen and oxygen atoms in total. The van der Waals surface area contributed by atoms with Gasteiger partial charge < -0.3 is 9.84 Å². The summed E-state index contributed by atoms with van der Waals surface area (Å²) in [6, 6.07) is 0. The van der Waals surface area contributed by atoms with Crippen LogP contribution in [0.1, 0.15) is 109 Å². The lowest BCUT2D eigenvalue weighted by molar-refractivity contribution is 0.246. The van der Waals surface area contributed by atoms with Crippen LogP contribution >= 0.6 is 0 Å². The number of benzene rings is 1. The van der Waals surface area contributed by atoms with Crippen molar-refractivity contribution in [3.05, 3.63) is 52.6 Å². The maximum absolute atomic E-state index is 10.2. The number of hydrogen-bond acceptors (Lipinski definition) is 2. The fourth-order valence-corrected chi connectivity index (χ4v) is 3.61. The van der Waals surface area contributed by atoms with Crippen LogP contribution in [0, 0.1) is 26.7 Å².